The van der Waals surface area contributed by atoms with Crippen LogP contribution >= 0.6 is 0 Å². The molecule has 0 radical (unpaired) electrons. The Labute approximate surface area is 216 Å². The molecule has 2 heterocycles. The van der Waals surface area contributed by atoms with E-state index in [9.17, 15) is 14.4 Å². The highest BCUT2D eigenvalue weighted by Gasteiger charge is 2.38. The standard InChI is InChI=1S/C30H30N2O5/c1-7-37-29(34)22-10-14-25(15-11-22)32-21(5)27(30(35)36-6)26(28(32)33)17-23-16-19(3)31(20(23)4)24-12-8-18(2)9-13-24/h8-17H,7H2,1-6H3/b26-17-. The summed E-state index contributed by atoms with van der Waals surface area (Å²) in [5.74, 6) is -1.37. The van der Waals surface area contributed by atoms with Crippen molar-refractivity contribution in [1.82, 2.24) is 4.57 Å². The second kappa shape index (κ2) is 10.3. The Hall–Kier alpha value is -4.39. The molecule has 7 nitrogen and oxygen atoms in total. The van der Waals surface area contributed by atoms with Gasteiger partial charge >= 0.3 is 11.9 Å². The molecule has 0 bridgehead atoms. The average molecular weight is 499 g/mol. The number of aromatic nitrogens is 1. The first-order chi connectivity index (χ1) is 17.7. The minimum absolute atomic E-state index is 0.210. The van der Waals surface area contributed by atoms with Gasteiger partial charge in [0.15, 0.2) is 0 Å². The summed E-state index contributed by atoms with van der Waals surface area (Å²) >= 11 is 0. The molecule has 1 aromatic heterocycles. The topological polar surface area (TPSA) is 77.8 Å². The van der Waals surface area contributed by atoms with Crippen LogP contribution in [0.4, 0.5) is 5.69 Å². The highest BCUT2D eigenvalue weighted by atomic mass is 16.5. The van der Waals surface area contributed by atoms with E-state index in [-0.39, 0.29) is 23.7 Å². The maximum atomic E-state index is 13.7. The molecule has 3 aromatic rings. The number of methoxy groups -OCH3 is 1. The van der Waals surface area contributed by atoms with Crippen LogP contribution in [-0.2, 0) is 19.1 Å². The Kier molecular flexibility index (Phi) is 7.16. The molecule has 0 saturated carbocycles. The Balaban J connectivity index is 1.77. The lowest BCUT2D eigenvalue weighted by Crippen LogP contribution is -2.24. The molecule has 0 fully saturated rings. The van der Waals surface area contributed by atoms with Crippen LogP contribution in [0.25, 0.3) is 11.8 Å². The summed E-state index contributed by atoms with van der Waals surface area (Å²) in [6, 6.07) is 16.7. The van der Waals surface area contributed by atoms with Crippen molar-refractivity contribution in [2.75, 3.05) is 18.6 Å². The number of anilines is 1. The summed E-state index contributed by atoms with van der Waals surface area (Å²) in [6.07, 6.45) is 1.75. The van der Waals surface area contributed by atoms with Crippen LogP contribution in [-0.4, -0.2) is 36.1 Å². The minimum atomic E-state index is -0.588. The first kappa shape index (κ1) is 25.7. The van der Waals surface area contributed by atoms with Crippen LogP contribution in [0.5, 0.6) is 0 Å². The van der Waals surface area contributed by atoms with Gasteiger partial charge in [-0.1, -0.05) is 17.7 Å². The normalized spacial score (nSPS) is 14.5. The third kappa shape index (κ3) is 4.72. The number of benzene rings is 2. The van der Waals surface area contributed by atoms with Crippen LogP contribution in [0, 0.1) is 20.8 Å². The van der Waals surface area contributed by atoms with Crippen molar-refractivity contribution in [2.45, 2.75) is 34.6 Å². The molecule has 2 aromatic carbocycles. The van der Waals surface area contributed by atoms with Gasteiger partial charge in [-0.3, -0.25) is 9.69 Å². The monoisotopic (exact) mass is 498 g/mol. The van der Waals surface area contributed by atoms with Crippen molar-refractivity contribution < 1.29 is 23.9 Å². The fraction of sp³-hybridized carbons (Fsp3) is 0.233. The SMILES string of the molecule is CCOC(=O)c1ccc(N2C(=O)/C(=C\c3cc(C)n(-c4ccc(C)cc4)c3C)C(C(=O)OC)=C2C)cc1. The predicted molar refractivity (Wildman–Crippen MR) is 143 cm³/mol. The molecular formula is C30H30N2O5. The van der Waals surface area contributed by atoms with E-state index in [2.05, 4.69) is 28.8 Å². The lowest BCUT2D eigenvalue weighted by Gasteiger charge is -2.18. The summed E-state index contributed by atoms with van der Waals surface area (Å²) in [5.41, 5.74) is 6.80. The Bertz CT molecular complexity index is 1440. The molecule has 4 rings (SSSR count). The quantitative estimate of drug-likeness (QED) is 0.333. The van der Waals surface area contributed by atoms with Crippen LogP contribution in [0.3, 0.4) is 0 Å². The van der Waals surface area contributed by atoms with E-state index in [0.717, 1.165) is 22.6 Å². The molecule has 0 unspecified atom stereocenters. The Morgan fingerprint density at radius 2 is 1.51 bits per heavy atom. The van der Waals surface area contributed by atoms with Crippen molar-refractivity contribution in [3.8, 4) is 5.69 Å². The number of esters is 2. The molecule has 0 aliphatic carbocycles. The summed E-state index contributed by atoms with van der Waals surface area (Å²) < 4.78 is 12.2. The fourth-order valence-electron chi connectivity index (χ4n) is 4.63. The lowest BCUT2D eigenvalue weighted by atomic mass is 10.0. The number of carbonyl (C=O) groups excluding carboxylic acids is 3. The zero-order valence-corrected chi connectivity index (χ0v) is 21.9. The van der Waals surface area contributed by atoms with Gasteiger partial charge in [0.25, 0.3) is 5.91 Å². The smallest absolute Gasteiger partial charge is 0.340 e. The van der Waals surface area contributed by atoms with E-state index >= 15 is 0 Å². The Morgan fingerprint density at radius 3 is 2.11 bits per heavy atom. The number of aryl methyl sites for hydroxylation is 2. The number of ether oxygens (including phenoxy) is 2. The molecular weight excluding hydrogens is 468 g/mol. The average Bonchev–Trinajstić information content (AvgIpc) is 3.30. The van der Waals surface area contributed by atoms with E-state index in [1.54, 1.807) is 44.2 Å². The minimum Gasteiger partial charge on any atom is -0.465 e. The molecule has 1 aliphatic heterocycles. The molecule has 0 saturated heterocycles. The van der Waals surface area contributed by atoms with Crippen molar-refractivity contribution in [3.63, 3.8) is 0 Å². The molecule has 7 heteroatoms. The Morgan fingerprint density at radius 1 is 0.892 bits per heavy atom. The third-order valence-electron chi connectivity index (χ3n) is 6.49. The zero-order chi connectivity index (χ0) is 26.9. The molecule has 1 aliphatic rings. The largest absolute Gasteiger partial charge is 0.465 e. The van der Waals surface area contributed by atoms with Crippen molar-refractivity contribution in [3.05, 3.63) is 99.5 Å². The maximum absolute atomic E-state index is 13.7. The number of rotatable bonds is 6. The van der Waals surface area contributed by atoms with E-state index in [1.165, 1.54) is 17.6 Å². The van der Waals surface area contributed by atoms with Gasteiger partial charge in [-0.15, -0.1) is 0 Å². The number of nitrogens with zero attached hydrogens (tertiary/aromatic N) is 2. The molecule has 0 N–H and O–H groups in total. The van der Waals surface area contributed by atoms with E-state index < -0.39 is 11.9 Å². The molecule has 0 spiro atoms. The van der Waals surface area contributed by atoms with E-state index in [4.69, 9.17) is 9.47 Å². The molecule has 190 valence electrons. The lowest BCUT2D eigenvalue weighted by molar-refractivity contribution is -0.136. The summed E-state index contributed by atoms with van der Waals surface area (Å²) in [5, 5.41) is 0. The van der Waals surface area contributed by atoms with Gasteiger partial charge in [0, 0.05) is 28.5 Å². The second-order valence-corrected chi connectivity index (χ2v) is 8.92. The number of allylic oxidation sites excluding steroid dienone is 1. The predicted octanol–water partition coefficient (Wildman–Crippen LogP) is 5.46. The summed E-state index contributed by atoms with van der Waals surface area (Å²) in [7, 11) is 1.30. The number of amides is 1. The van der Waals surface area contributed by atoms with Gasteiger partial charge in [-0.25, -0.2) is 9.59 Å². The zero-order valence-electron chi connectivity index (χ0n) is 21.9. The number of hydrogen-bond donors (Lipinski definition) is 0. The van der Waals surface area contributed by atoms with Crippen LogP contribution in [0.15, 0.2) is 71.4 Å². The van der Waals surface area contributed by atoms with Gasteiger partial charge < -0.3 is 14.0 Å². The number of carbonyl (C=O) groups is 3. The van der Waals surface area contributed by atoms with Crippen molar-refractivity contribution in [2.24, 2.45) is 0 Å². The number of hydrogen-bond acceptors (Lipinski definition) is 5. The van der Waals surface area contributed by atoms with Gasteiger partial charge in [0.2, 0.25) is 0 Å². The van der Waals surface area contributed by atoms with Gasteiger partial charge in [-0.2, -0.15) is 0 Å². The first-order valence-electron chi connectivity index (χ1n) is 12.1. The third-order valence-corrected chi connectivity index (χ3v) is 6.49. The summed E-state index contributed by atoms with van der Waals surface area (Å²) in [6.45, 7) is 9.75. The van der Waals surface area contributed by atoms with E-state index in [1.807, 2.05) is 26.8 Å². The van der Waals surface area contributed by atoms with Gasteiger partial charge in [-0.05, 0) is 88.7 Å². The second-order valence-electron chi connectivity index (χ2n) is 8.92. The van der Waals surface area contributed by atoms with Gasteiger partial charge in [0.1, 0.15) is 0 Å². The molecule has 0 atom stereocenters. The van der Waals surface area contributed by atoms with Gasteiger partial charge in [0.05, 0.1) is 30.4 Å². The highest BCUT2D eigenvalue weighted by Crippen LogP contribution is 2.36. The van der Waals surface area contributed by atoms with Crippen LogP contribution in [0.1, 0.15) is 46.7 Å². The van der Waals surface area contributed by atoms with Crippen molar-refractivity contribution >= 4 is 29.6 Å². The van der Waals surface area contributed by atoms with Crippen LogP contribution < -0.4 is 4.90 Å². The van der Waals surface area contributed by atoms with E-state index in [0.29, 0.717) is 16.9 Å². The molecule has 37 heavy (non-hydrogen) atoms. The highest BCUT2D eigenvalue weighted by molar-refractivity contribution is 6.24. The van der Waals surface area contributed by atoms with Crippen molar-refractivity contribution in [1.29, 1.82) is 0 Å². The van der Waals surface area contributed by atoms with Crippen LogP contribution in [0.2, 0.25) is 0 Å². The fourth-order valence-corrected chi connectivity index (χ4v) is 4.63. The first-order valence-corrected chi connectivity index (χ1v) is 12.1. The summed E-state index contributed by atoms with van der Waals surface area (Å²) in [4.78, 5) is 40.0. The maximum Gasteiger partial charge on any atom is 0.340 e. The molecule has 1 amide bonds.